The van der Waals surface area contributed by atoms with Crippen molar-refractivity contribution in [1.82, 2.24) is 14.3 Å². The molecule has 84 valence electrons. The second-order valence-corrected chi connectivity index (χ2v) is 4.06. The molecule has 0 fully saturated rings. The molecule has 0 radical (unpaired) electrons. The van der Waals surface area contributed by atoms with Crippen molar-refractivity contribution in [2.75, 3.05) is 0 Å². The van der Waals surface area contributed by atoms with Gasteiger partial charge in [-0.3, -0.25) is 4.57 Å². The maximum atomic E-state index is 11.7. The minimum atomic E-state index is -0.219. The monoisotopic (exact) mass is 283 g/mol. The fourth-order valence-electron chi connectivity index (χ4n) is 1.32. The lowest BCUT2D eigenvalue weighted by molar-refractivity contribution is 0.282. The fourth-order valence-corrected chi connectivity index (χ4v) is 1.63. The molecule has 5 nitrogen and oxygen atoms in total. The lowest BCUT2D eigenvalue weighted by Gasteiger charge is -2.00. The van der Waals surface area contributed by atoms with Crippen molar-refractivity contribution < 1.29 is 5.11 Å². The molecule has 6 heteroatoms. The first-order valence-corrected chi connectivity index (χ1v) is 5.44. The van der Waals surface area contributed by atoms with E-state index in [-0.39, 0.29) is 12.3 Å². The van der Waals surface area contributed by atoms with Crippen LogP contribution in [0.15, 0.2) is 33.8 Å². The molecule has 1 N–H and O–H groups in total. The molecule has 0 amide bonds. The zero-order valence-electron chi connectivity index (χ0n) is 8.59. The third-order valence-electron chi connectivity index (χ3n) is 2.29. The topological polar surface area (TPSA) is 60.1 Å². The Kier molecular flexibility index (Phi) is 2.93. The highest BCUT2D eigenvalue weighted by molar-refractivity contribution is 9.10. The number of hydrogen-bond acceptors (Lipinski definition) is 3. The maximum Gasteiger partial charge on any atom is 0.351 e. The van der Waals surface area contributed by atoms with Gasteiger partial charge in [0.05, 0.1) is 12.3 Å². The molecule has 1 heterocycles. The summed E-state index contributed by atoms with van der Waals surface area (Å²) in [5.41, 5.74) is 1.25. The highest BCUT2D eigenvalue weighted by atomic mass is 79.9. The van der Waals surface area contributed by atoms with Crippen molar-refractivity contribution in [3.8, 4) is 5.69 Å². The number of aliphatic hydroxyl groups is 1. The zero-order chi connectivity index (χ0) is 11.7. The smallest absolute Gasteiger partial charge is 0.351 e. The van der Waals surface area contributed by atoms with E-state index in [2.05, 4.69) is 21.0 Å². The standard InChI is InChI=1S/C10H10BrN3O2/c1-13-9(11)12-14(10(13)16)8-4-2-7(6-15)3-5-8/h2-5,15H,6H2,1H3. The summed E-state index contributed by atoms with van der Waals surface area (Å²) in [7, 11) is 1.64. The van der Waals surface area contributed by atoms with Crippen LogP contribution in [0.1, 0.15) is 5.56 Å². The number of aliphatic hydroxyl groups excluding tert-OH is 1. The van der Waals surface area contributed by atoms with Gasteiger partial charge in [-0.25, -0.2) is 4.79 Å². The second-order valence-electron chi connectivity index (χ2n) is 3.35. The Morgan fingerprint density at radius 3 is 2.44 bits per heavy atom. The summed E-state index contributed by atoms with van der Waals surface area (Å²) >= 11 is 3.18. The summed E-state index contributed by atoms with van der Waals surface area (Å²) in [6.45, 7) is -0.0128. The second kappa shape index (κ2) is 4.23. The summed E-state index contributed by atoms with van der Waals surface area (Å²) in [5, 5.41) is 13.0. The molecule has 1 aromatic heterocycles. The Labute approximate surface area is 100 Å². The lowest BCUT2D eigenvalue weighted by atomic mass is 10.2. The predicted molar refractivity (Wildman–Crippen MR) is 62.4 cm³/mol. The number of rotatable bonds is 2. The summed E-state index contributed by atoms with van der Waals surface area (Å²) in [6, 6.07) is 6.99. The number of halogens is 1. The third-order valence-corrected chi connectivity index (χ3v) is 2.98. The fraction of sp³-hybridized carbons (Fsp3) is 0.200. The number of hydrogen-bond donors (Lipinski definition) is 1. The Morgan fingerprint density at radius 1 is 1.38 bits per heavy atom. The van der Waals surface area contributed by atoms with Crippen LogP contribution in [-0.4, -0.2) is 19.5 Å². The van der Waals surface area contributed by atoms with Crippen LogP contribution in [0.25, 0.3) is 5.69 Å². The quantitative estimate of drug-likeness (QED) is 0.888. The Morgan fingerprint density at radius 2 is 2.00 bits per heavy atom. The molecule has 0 saturated carbocycles. The molecular weight excluding hydrogens is 274 g/mol. The van der Waals surface area contributed by atoms with Gasteiger partial charge in [0.2, 0.25) is 4.73 Å². The summed E-state index contributed by atoms with van der Waals surface area (Å²) < 4.78 is 3.18. The largest absolute Gasteiger partial charge is 0.392 e. The van der Waals surface area contributed by atoms with Crippen LogP contribution in [0.3, 0.4) is 0 Å². The highest BCUT2D eigenvalue weighted by Crippen LogP contribution is 2.09. The minimum Gasteiger partial charge on any atom is -0.392 e. The van der Waals surface area contributed by atoms with E-state index in [0.29, 0.717) is 10.4 Å². The van der Waals surface area contributed by atoms with E-state index >= 15 is 0 Å². The van der Waals surface area contributed by atoms with Gasteiger partial charge in [0.25, 0.3) is 0 Å². The van der Waals surface area contributed by atoms with E-state index < -0.39 is 0 Å². The Hall–Kier alpha value is -1.40. The van der Waals surface area contributed by atoms with E-state index in [1.165, 1.54) is 9.25 Å². The highest BCUT2D eigenvalue weighted by Gasteiger charge is 2.08. The molecule has 0 unspecified atom stereocenters. The van der Waals surface area contributed by atoms with Crippen LogP contribution in [0.4, 0.5) is 0 Å². The average Bonchev–Trinajstić information content (AvgIpc) is 2.57. The molecule has 0 aliphatic heterocycles. The zero-order valence-corrected chi connectivity index (χ0v) is 10.2. The molecule has 2 aromatic rings. The van der Waals surface area contributed by atoms with Gasteiger partial charge in [-0.2, -0.15) is 4.68 Å². The van der Waals surface area contributed by atoms with Crippen molar-refractivity contribution in [3.63, 3.8) is 0 Å². The molecule has 0 bridgehead atoms. The van der Waals surface area contributed by atoms with Crippen molar-refractivity contribution in [1.29, 1.82) is 0 Å². The molecular formula is C10H10BrN3O2. The van der Waals surface area contributed by atoms with E-state index in [0.717, 1.165) is 5.56 Å². The summed E-state index contributed by atoms with van der Waals surface area (Å²) in [5.74, 6) is 0. The van der Waals surface area contributed by atoms with Crippen molar-refractivity contribution >= 4 is 15.9 Å². The molecule has 0 saturated heterocycles. The number of benzene rings is 1. The number of nitrogens with zero attached hydrogens (tertiary/aromatic N) is 3. The first-order valence-electron chi connectivity index (χ1n) is 4.65. The molecule has 2 rings (SSSR count). The molecule has 1 aromatic carbocycles. The van der Waals surface area contributed by atoms with Crippen molar-refractivity contribution in [3.05, 3.63) is 45.0 Å². The SMILES string of the molecule is Cn1c(Br)nn(-c2ccc(CO)cc2)c1=O. The van der Waals surface area contributed by atoms with Gasteiger partial charge in [-0.15, -0.1) is 5.10 Å². The van der Waals surface area contributed by atoms with Gasteiger partial charge >= 0.3 is 5.69 Å². The van der Waals surface area contributed by atoms with Crippen LogP contribution in [0.2, 0.25) is 0 Å². The van der Waals surface area contributed by atoms with Crippen molar-refractivity contribution in [2.24, 2.45) is 7.05 Å². The van der Waals surface area contributed by atoms with Gasteiger partial charge < -0.3 is 5.11 Å². The molecule has 16 heavy (non-hydrogen) atoms. The van der Waals surface area contributed by atoms with E-state index in [1.54, 1.807) is 31.3 Å². The normalized spacial score (nSPS) is 10.7. The molecule has 0 spiro atoms. The van der Waals surface area contributed by atoms with Gasteiger partial charge in [-0.1, -0.05) is 12.1 Å². The molecule has 0 atom stereocenters. The minimum absolute atomic E-state index is 0.0128. The van der Waals surface area contributed by atoms with E-state index in [1.807, 2.05) is 0 Å². The molecule has 0 aliphatic rings. The first kappa shape index (κ1) is 11.1. The Bertz CT molecular complexity index is 556. The predicted octanol–water partition coefficient (Wildman–Crippen LogP) is 0.826. The maximum absolute atomic E-state index is 11.7. The summed E-state index contributed by atoms with van der Waals surface area (Å²) in [4.78, 5) is 11.7. The average molecular weight is 284 g/mol. The molecule has 0 aliphatic carbocycles. The third kappa shape index (κ3) is 1.81. The summed E-state index contributed by atoms with van der Waals surface area (Å²) in [6.07, 6.45) is 0. The lowest BCUT2D eigenvalue weighted by Crippen LogP contribution is -2.21. The number of aromatic nitrogens is 3. The van der Waals surface area contributed by atoms with Gasteiger partial charge in [0, 0.05) is 7.05 Å². The van der Waals surface area contributed by atoms with Crippen molar-refractivity contribution in [2.45, 2.75) is 6.61 Å². The van der Waals surface area contributed by atoms with E-state index in [9.17, 15) is 4.79 Å². The van der Waals surface area contributed by atoms with Gasteiger partial charge in [0.15, 0.2) is 0 Å². The van der Waals surface area contributed by atoms with Crippen LogP contribution in [0.5, 0.6) is 0 Å². The van der Waals surface area contributed by atoms with E-state index in [4.69, 9.17) is 5.11 Å². The Balaban J connectivity index is 2.50. The van der Waals surface area contributed by atoms with Crippen LogP contribution in [-0.2, 0) is 13.7 Å². The first-order chi connectivity index (χ1) is 7.63. The van der Waals surface area contributed by atoms with Gasteiger partial charge in [0.1, 0.15) is 0 Å². The van der Waals surface area contributed by atoms with Crippen LogP contribution in [0, 0.1) is 0 Å². The van der Waals surface area contributed by atoms with Gasteiger partial charge in [-0.05, 0) is 33.6 Å². The van der Waals surface area contributed by atoms with Crippen LogP contribution < -0.4 is 5.69 Å². The van der Waals surface area contributed by atoms with Crippen LogP contribution >= 0.6 is 15.9 Å².